The van der Waals surface area contributed by atoms with Gasteiger partial charge in [-0.3, -0.25) is 0 Å². The molecular formula is C18H29N3O2. The van der Waals surface area contributed by atoms with E-state index in [-0.39, 0.29) is 18.0 Å². The van der Waals surface area contributed by atoms with Crippen LogP contribution in [-0.2, 0) is 0 Å². The second-order valence-corrected chi connectivity index (χ2v) is 6.77. The highest BCUT2D eigenvalue weighted by atomic mass is 16.4. The molecule has 0 saturated carbocycles. The molecule has 1 heterocycles. The van der Waals surface area contributed by atoms with Crippen LogP contribution in [0.1, 0.15) is 38.3 Å². The molecule has 0 bridgehead atoms. The Bertz CT molecular complexity index is 486. The van der Waals surface area contributed by atoms with Gasteiger partial charge in [0.05, 0.1) is 0 Å². The molecule has 1 aliphatic rings. The molecule has 1 aromatic carbocycles. The van der Waals surface area contributed by atoms with Crippen molar-refractivity contribution in [3.8, 4) is 0 Å². The quantitative estimate of drug-likeness (QED) is 0.753. The lowest BCUT2D eigenvalue weighted by Gasteiger charge is -2.41. The van der Waals surface area contributed by atoms with Crippen LogP contribution in [0.2, 0.25) is 0 Å². The van der Waals surface area contributed by atoms with E-state index in [9.17, 15) is 9.90 Å². The molecule has 128 valence electrons. The Morgan fingerprint density at radius 1 is 1.30 bits per heavy atom. The van der Waals surface area contributed by atoms with Crippen molar-refractivity contribution in [2.24, 2.45) is 17.6 Å². The zero-order valence-electron chi connectivity index (χ0n) is 14.1. The van der Waals surface area contributed by atoms with Crippen molar-refractivity contribution in [3.63, 3.8) is 0 Å². The normalized spacial score (nSPS) is 18.6. The van der Waals surface area contributed by atoms with Crippen LogP contribution in [0, 0.1) is 11.8 Å². The third-order valence-electron chi connectivity index (χ3n) is 4.78. The molecule has 1 unspecified atom stereocenters. The second-order valence-electron chi connectivity index (χ2n) is 6.77. The average molecular weight is 319 g/mol. The number of carboxylic acid groups (broad SMARTS) is 1. The number of carbonyl (C=O) groups is 1. The lowest BCUT2D eigenvalue weighted by molar-refractivity contribution is 0.0699. The van der Waals surface area contributed by atoms with Crippen molar-refractivity contribution in [2.45, 2.75) is 38.8 Å². The maximum absolute atomic E-state index is 11.9. The smallest absolute Gasteiger partial charge is 0.407 e. The average Bonchev–Trinajstić information content (AvgIpc) is 2.55. The summed E-state index contributed by atoms with van der Waals surface area (Å²) >= 11 is 0. The number of hydrogen-bond acceptors (Lipinski definition) is 3. The van der Waals surface area contributed by atoms with Crippen molar-refractivity contribution >= 4 is 6.09 Å². The van der Waals surface area contributed by atoms with E-state index >= 15 is 0 Å². The van der Waals surface area contributed by atoms with Crippen LogP contribution < -0.4 is 11.1 Å². The summed E-state index contributed by atoms with van der Waals surface area (Å²) in [5.41, 5.74) is 7.26. The lowest BCUT2D eigenvalue weighted by atomic mass is 9.82. The summed E-state index contributed by atoms with van der Waals surface area (Å²) in [4.78, 5) is 13.5. The summed E-state index contributed by atoms with van der Waals surface area (Å²) in [5, 5.41) is 13.1. The highest BCUT2D eigenvalue weighted by Crippen LogP contribution is 2.28. The molecule has 5 nitrogen and oxygen atoms in total. The Morgan fingerprint density at radius 2 is 1.91 bits per heavy atom. The van der Waals surface area contributed by atoms with Gasteiger partial charge in [0.2, 0.25) is 0 Å². The lowest BCUT2D eigenvalue weighted by Crippen LogP contribution is -2.51. The molecular weight excluding hydrogens is 290 g/mol. The first kappa shape index (κ1) is 17.8. The van der Waals surface area contributed by atoms with Crippen LogP contribution in [0.25, 0.3) is 0 Å². The number of amides is 1. The fraction of sp³-hybridized carbons (Fsp3) is 0.611. The Morgan fingerprint density at radius 3 is 2.43 bits per heavy atom. The molecule has 1 aromatic rings. The number of benzene rings is 1. The molecule has 0 spiro atoms. The number of piperidine rings is 1. The summed E-state index contributed by atoms with van der Waals surface area (Å²) < 4.78 is 0. The predicted molar refractivity (Wildman–Crippen MR) is 92.3 cm³/mol. The van der Waals surface area contributed by atoms with Crippen LogP contribution in [0.5, 0.6) is 0 Å². The summed E-state index contributed by atoms with van der Waals surface area (Å²) in [5.74, 6) is 0.674. The minimum Gasteiger partial charge on any atom is -0.465 e. The first-order chi connectivity index (χ1) is 11.0. The van der Waals surface area contributed by atoms with Crippen LogP contribution >= 0.6 is 0 Å². The zero-order valence-corrected chi connectivity index (χ0v) is 14.1. The molecule has 1 aliphatic heterocycles. The maximum atomic E-state index is 11.9. The van der Waals surface area contributed by atoms with E-state index in [0.29, 0.717) is 12.5 Å². The molecule has 1 amide bonds. The van der Waals surface area contributed by atoms with E-state index in [1.165, 1.54) is 0 Å². The molecule has 1 saturated heterocycles. The Hall–Kier alpha value is -1.59. The Balaban J connectivity index is 2.15. The SMILES string of the molecule is CC(C)C(C1CCNCC1)N(C[C@H](N)c1ccccc1)C(=O)O. The van der Waals surface area contributed by atoms with Gasteiger partial charge in [0.15, 0.2) is 0 Å². The van der Waals surface area contributed by atoms with Gasteiger partial charge in [-0.1, -0.05) is 44.2 Å². The number of nitrogens with one attached hydrogen (secondary N) is 1. The van der Waals surface area contributed by atoms with Crippen molar-refractivity contribution in [3.05, 3.63) is 35.9 Å². The summed E-state index contributed by atoms with van der Waals surface area (Å²) in [6.07, 6.45) is 1.18. The third kappa shape index (κ3) is 4.69. The van der Waals surface area contributed by atoms with Crippen molar-refractivity contribution < 1.29 is 9.90 Å². The highest BCUT2D eigenvalue weighted by Gasteiger charge is 2.34. The van der Waals surface area contributed by atoms with Gasteiger partial charge in [0.1, 0.15) is 0 Å². The molecule has 2 rings (SSSR count). The Kier molecular flexibility index (Phi) is 6.42. The first-order valence-electron chi connectivity index (χ1n) is 8.51. The van der Waals surface area contributed by atoms with Gasteiger partial charge in [-0.2, -0.15) is 0 Å². The molecule has 23 heavy (non-hydrogen) atoms. The molecule has 0 radical (unpaired) electrons. The molecule has 5 heteroatoms. The second kappa shape index (κ2) is 8.31. The van der Waals surface area contributed by atoms with Crippen LogP contribution in [-0.4, -0.2) is 41.8 Å². The van der Waals surface area contributed by atoms with Gasteiger partial charge in [0, 0.05) is 18.6 Å². The maximum Gasteiger partial charge on any atom is 0.407 e. The molecule has 1 fully saturated rings. The van der Waals surface area contributed by atoms with Gasteiger partial charge in [0.25, 0.3) is 0 Å². The fourth-order valence-electron chi connectivity index (χ4n) is 3.69. The van der Waals surface area contributed by atoms with E-state index in [1.807, 2.05) is 30.3 Å². The largest absolute Gasteiger partial charge is 0.465 e. The van der Waals surface area contributed by atoms with Crippen LogP contribution in [0.4, 0.5) is 4.79 Å². The van der Waals surface area contributed by atoms with Crippen LogP contribution in [0.3, 0.4) is 0 Å². The number of nitrogens with two attached hydrogens (primary N) is 1. The molecule has 0 aromatic heterocycles. The number of nitrogens with zero attached hydrogens (tertiary/aromatic N) is 1. The van der Waals surface area contributed by atoms with E-state index < -0.39 is 6.09 Å². The number of rotatable bonds is 6. The van der Waals surface area contributed by atoms with Crippen LogP contribution in [0.15, 0.2) is 30.3 Å². The third-order valence-corrected chi connectivity index (χ3v) is 4.78. The molecule has 2 atom stereocenters. The van der Waals surface area contributed by atoms with Crippen molar-refractivity contribution in [1.29, 1.82) is 0 Å². The standard InChI is InChI=1S/C18H29N3O2/c1-13(2)17(15-8-10-20-11-9-15)21(18(22)23)12-16(19)14-6-4-3-5-7-14/h3-7,13,15-17,20H,8-12,19H2,1-2H3,(H,22,23)/t16-,17?/m0/s1. The van der Waals surface area contributed by atoms with E-state index in [0.717, 1.165) is 31.5 Å². The topological polar surface area (TPSA) is 78.6 Å². The molecule has 0 aliphatic carbocycles. The minimum absolute atomic E-state index is 0.0179. The van der Waals surface area contributed by atoms with E-state index in [4.69, 9.17) is 5.73 Å². The summed E-state index contributed by atoms with van der Waals surface area (Å²) in [6, 6.07) is 9.45. The zero-order chi connectivity index (χ0) is 16.8. The van der Waals surface area contributed by atoms with Crippen molar-refractivity contribution in [1.82, 2.24) is 10.2 Å². The minimum atomic E-state index is -0.867. The van der Waals surface area contributed by atoms with Gasteiger partial charge in [-0.25, -0.2) is 4.79 Å². The van der Waals surface area contributed by atoms with Gasteiger partial charge in [-0.05, 0) is 43.3 Å². The van der Waals surface area contributed by atoms with Crippen molar-refractivity contribution in [2.75, 3.05) is 19.6 Å². The van der Waals surface area contributed by atoms with Gasteiger partial charge in [-0.15, -0.1) is 0 Å². The predicted octanol–water partition coefficient (Wildman–Crippen LogP) is 2.69. The molecule has 4 N–H and O–H groups in total. The fourth-order valence-corrected chi connectivity index (χ4v) is 3.69. The van der Waals surface area contributed by atoms with E-state index in [2.05, 4.69) is 19.2 Å². The Labute approximate surface area is 138 Å². The van der Waals surface area contributed by atoms with Gasteiger partial charge >= 0.3 is 6.09 Å². The monoisotopic (exact) mass is 319 g/mol. The number of hydrogen-bond donors (Lipinski definition) is 3. The van der Waals surface area contributed by atoms with Gasteiger partial charge < -0.3 is 21.1 Å². The summed E-state index contributed by atoms with van der Waals surface area (Å²) in [6.45, 7) is 6.48. The first-order valence-corrected chi connectivity index (χ1v) is 8.51. The van der Waals surface area contributed by atoms with E-state index in [1.54, 1.807) is 4.90 Å². The highest BCUT2D eigenvalue weighted by molar-refractivity contribution is 5.65. The summed E-state index contributed by atoms with van der Waals surface area (Å²) in [7, 11) is 0.